The smallest absolute Gasteiger partial charge is 0.255 e. The van der Waals surface area contributed by atoms with Crippen molar-refractivity contribution in [1.29, 1.82) is 0 Å². The Labute approximate surface area is 191 Å². The van der Waals surface area contributed by atoms with E-state index in [-0.39, 0.29) is 41.9 Å². The molecule has 0 amide bonds. The average molecular weight is 521 g/mol. The second-order valence-corrected chi connectivity index (χ2v) is 7.22. The first kappa shape index (κ1) is 22.1. The molecule has 3 aromatic rings. The van der Waals surface area contributed by atoms with E-state index in [1.165, 1.54) is 12.1 Å². The molecule has 0 bridgehead atoms. The van der Waals surface area contributed by atoms with Crippen LogP contribution in [0.2, 0.25) is 0 Å². The van der Waals surface area contributed by atoms with Gasteiger partial charge in [-0.25, -0.2) is 9.38 Å². The van der Waals surface area contributed by atoms with E-state index in [9.17, 15) is 9.18 Å². The first-order chi connectivity index (χ1) is 14.0. The lowest BCUT2D eigenvalue weighted by atomic mass is 10.1. The van der Waals surface area contributed by atoms with Crippen LogP contribution in [-0.4, -0.2) is 41.6 Å². The molecule has 0 atom stereocenters. The minimum atomic E-state index is -0.233. The minimum absolute atomic E-state index is 0. The number of aromatic nitrogens is 1. The molecular weight excluding hydrogens is 496 g/mol. The first-order valence-corrected chi connectivity index (χ1v) is 9.66. The molecule has 0 radical (unpaired) electrons. The molecule has 30 heavy (non-hydrogen) atoms. The summed E-state index contributed by atoms with van der Waals surface area (Å²) in [5.74, 6) is 0.211. The van der Waals surface area contributed by atoms with Crippen LogP contribution in [0.25, 0.3) is 10.9 Å². The number of hydrogen-bond acceptors (Lipinski definition) is 3. The highest BCUT2D eigenvalue weighted by molar-refractivity contribution is 14.0. The summed E-state index contributed by atoms with van der Waals surface area (Å²) in [6.07, 6.45) is 0. The molecule has 1 fully saturated rings. The lowest BCUT2D eigenvalue weighted by Crippen LogP contribution is -2.51. The number of rotatable bonds is 3. The topological polar surface area (TPSA) is 66.9 Å². The standard InChI is InChI=1S/C22H24FN5O.HI/c1-26-20-5-3-2-4-16(20)14-17(21(26)29)15-25-22(24)28-12-10-27(11-13-28)19-8-6-18(23)7-9-19;/h2-9,14H,10-13,15H2,1H3,(H2,24,25);1H. The number of benzene rings is 2. The van der Waals surface area contributed by atoms with Crippen LogP contribution in [-0.2, 0) is 13.6 Å². The van der Waals surface area contributed by atoms with Crippen molar-refractivity contribution >= 4 is 46.5 Å². The molecule has 2 N–H and O–H groups in total. The van der Waals surface area contributed by atoms with E-state index in [2.05, 4.69) is 9.89 Å². The molecule has 6 nitrogen and oxygen atoms in total. The van der Waals surface area contributed by atoms with Gasteiger partial charge in [-0.05, 0) is 41.8 Å². The number of halogens is 2. The maximum atomic E-state index is 13.1. The van der Waals surface area contributed by atoms with Crippen LogP contribution in [0.3, 0.4) is 0 Å². The van der Waals surface area contributed by atoms with Gasteiger partial charge in [0.05, 0.1) is 12.1 Å². The van der Waals surface area contributed by atoms with Crippen LogP contribution in [0.15, 0.2) is 64.4 Å². The maximum Gasteiger partial charge on any atom is 0.255 e. The molecule has 1 aliphatic rings. The fourth-order valence-corrected chi connectivity index (χ4v) is 3.71. The highest BCUT2D eigenvalue weighted by Crippen LogP contribution is 2.17. The summed E-state index contributed by atoms with van der Waals surface area (Å²) in [5.41, 5.74) is 8.67. The van der Waals surface area contributed by atoms with E-state index in [1.807, 2.05) is 35.2 Å². The molecule has 2 aromatic carbocycles. The van der Waals surface area contributed by atoms with Gasteiger partial charge < -0.3 is 20.1 Å². The van der Waals surface area contributed by atoms with Gasteiger partial charge in [0.25, 0.3) is 5.56 Å². The second kappa shape index (κ2) is 9.46. The molecule has 2 heterocycles. The Bertz CT molecular complexity index is 1100. The number of nitrogens with zero attached hydrogens (tertiary/aromatic N) is 4. The van der Waals surface area contributed by atoms with Gasteiger partial charge in [0, 0.05) is 44.5 Å². The fraction of sp³-hybridized carbons (Fsp3) is 0.273. The summed E-state index contributed by atoms with van der Waals surface area (Å²) < 4.78 is 14.8. The Morgan fingerprint density at radius 3 is 2.43 bits per heavy atom. The van der Waals surface area contributed by atoms with Crippen molar-refractivity contribution in [2.45, 2.75) is 6.54 Å². The summed E-state index contributed by atoms with van der Waals surface area (Å²) >= 11 is 0. The van der Waals surface area contributed by atoms with E-state index in [0.717, 1.165) is 42.8 Å². The van der Waals surface area contributed by atoms with Gasteiger partial charge >= 0.3 is 0 Å². The first-order valence-electron chi connectivity index (χ1n) is 9.66. The van der Waals surface area contributed by atoms with Gasteiger partial charge in [-0.3, -0.25) is 4.79 Å². The Morgan fingerprint density at radius 2 is 1.73 bits per heavy atom. The summed E-state index contributed by atoms with van der Waals surface area (Å²) in [7, 11) is 1.77. The van der Waals surface area contributed by atoms with Gasteiger partial charge in [-0.2, -0.15) is 0 Å². The van der Waals surface area contributed by atoms with E-state index in [0.29, 0.717) is 11.5 Å². The largest absolute Gasteiger partial charge is 0.370 e. The number of piperazine rings is 1. The van der Waals surface area contributed by atoms with E-state index >= 15 is 0 Å². The van der Waals surface area contributed by atoms with Gasteiger partial charge in [-0.15, -0.1) is 24.0 Å². The number of aliphatic imine (C=N–C) groups is 1. The highest BCUT2D eigenvalue weighted by Gasteiger charge is 2.18. The third-order valence-electron chi connectivity index (χ3n) is 5.41. The van der Waals surface area contributed by atoms with Crippen molar-refractivity contribution in [2.75, 3.05) is 31.1 Å². The Kier molecular flexibility index (Phi) is 6.96. The minimum Gasteiger partial charge on any atom is -0.370 e. The summed E-state index contributed by atoms with van der Waals surface area (Å²) in [5, 5.41) is 1.01. The summed E-state index contributed by atoms with van der Waals surface area (Å²) in [4.78, 5) is 21.3. The molecule has 4 rings (SSSR count). The number of anilines is 1. The molecule has 158 valence electrons. The molecule has 0 saturated carbocycles. The zero-order valence-electron chi connectivity index (χ0n) is 16.8. The van der Waals surface area contributed by atoms with Crippen molar-refractivity contribution in [3.63, 3.8) is 0 Å². The molecule has 1 saturated heterocycles. The third kappa shape index (κ3) is 4.58. The number of guanidine groups is 1. The van der Waals surface area contributed by atoms with Gasteiger partial charge in [0.1, 0.15) is 5.82 Å². The molecule has 8 heteroatoms. The maximum absolute atomic E-state index is 13.1. The van der Waals surface area contributed by atoms with Crippen LogP contribution in [0.4, 0.5) is 10.1 Å². The second-order valence-electron chi connectivity index (χ2n) is 7.22. The molecule has 0 spiro atoms. The lowest BCUT2D eigenvalue weighted by Gasteiger charge is -2.36. The number of para-hydroxylation sites is 1. The van der Waals surface area contributed by atoms with Gasteiger partial charge in [-0.1, -0.05) is 18.2 Å². The van der Waals surface area contributed by atoms with Crippen molar-refractivity contribution in [3.8, 4) is 0 Å². The predicted octanol–water partition coefficient (Wildman–Crippen LogP) is 2.93. The number of nitrogens with two attached hydrogens (primary N) is 1. The Balaban J connectivity index is 0.00000256. The molecule has 0 unspecified atom stereocenters. The Hall–Kier alpha value is -2.62. The lowest BCUT2D eigenvalue weighted by molar-refractivity contribution is 0.380. The number of pyridine rings is 1. The summed E-state index contributed by atoms with van der Waals surface area (Å²) in [6.45, 7) is 3.26. The van der Waals surface area contributed by atoms with E-state index < -0.39 is 0 Å². The van der Waals surface area contributed by atoms with Crippen molar-refractivity contribution in [1.82, 2.24) is 9.47 Å². The van der Waals surface area contributed by atoms with Crippen LogP contribution < -0.4 is 16.2 Å². The zero-order chi connectivity index (χ0) is 20.4. The van der Waals surface area contributed by atoms with Crippen LogP contribution >= 0.6 is 24.0 Å². The fourth-order valence-electron chi connectivity index (χ4n) is 3.71. The molecular formula is C22H25FIN5O. The van der Waals surface area contributed by atoms with E-state index in [1.54, 1.807) is 23.7 Å². The van der Waals surface area contributed by atoms with Gasteiger partial charge in [0.2, 0.25) is 0 Å². The van der Waals surface area contributed by atoms with Crippen molar-refractivity contribution < 1.29 is 4.39 Å². The normalized spacial score (nSPS) is 14.7. The molecule has 1 aliphatic heterocycles. The van der Waals surface area contributed by atoms with Crippen molar-refractivity contribution in [2.24, 2.45) is 17.8 Å². The molecule has 0 aliphatic carbocycles. The number of aryl methyl sites for hydroxylation is 1. The zero-order valence-corrected chi connectivity index (χ0v) is 19.1. The number of hydrogen-bond donors (Lipinski definition) is 1. The molecule has 1 aromatic heterocycles. The highest BCUT2D eigenvalue weighted by atomic mass is 127. The Morgan fingerprint density at radius 1 is 1.07 bits per heavy atom. The quantitative estimate of drug-likeness (QED) is 0.327. The third-order valence-corrected chi connectivity index (χ3v) is 5.41. The van der Waals surface area contributed by atoms with Crippen LogP contribution in [0, 0.1) is 5.82 Å². The summed E-state index contributed by atoms with van der Waals surface area (Å²) in [6, 6.07) is 16.2. The predicted molar refractivity (Wildman–Crippen MR) is 130 cm³/mol. The van der Waals surface area contributed by atoms with Gasteiger partial charge in [0.15, 0.2) is 5.96 Å². The monoisotopic (exact) mass is 521 g/mol. The van der Waals surface area contributed by atoms with E-state index in [4.69, 9.17) is 5.73 Å². The SMILES string of the molecule is Cn1c(=O)c(CN=C(N)N2CCN(c3ccc(F)cc3)CC2)cc2ccccc21.I. The van der Waals surface area contributed by atoms with Crippen LogP contribution in [0.5, 0.6) is 0 Å². The van der Waals surface area contributed by atoms with Crippen molar-refractivity contribution in [3.05, 3.63) is 76.3 Å². The average Bonchev–Trinajstić information content (AvgIpc) is 2.76. The van der Waals surface area contributed by atoms with Crippen LogP contribution in [0.1, 0.15) is 5.56 Å². The number of fused-ring (bicyclic) bond motifs is 1.